The van der Waals surface area contributed by atoms with Crippen molar-refractivity contribution in [3.05, 3.63) is 48.2 Å². The molecule has 4 N–H and O–H groups in total. The van der Waals surface area contributed by atoms with Crippen molar-refractivity contribution in [1.29, 1.82) is 0 Å². The summed E-state index contributed by atoms with van der Waals surface area (Å²) in [5, 5.41) is 5.61. The van der Waals surface area contributed by atoms with Gasteiger partial charge in [-0.25, -0.2) is 4.98 Å². The van der Waals surface area contributed by atoms with E-state index in [1.165, 1.54) is 0 Å². The Morgan fingerprint density at radius 2 is 2.12 bits per heavy atom. The van der Waals surface area contributed by atoms with E-state index in [0.717, 1.165) is 17.9 Å². The maximum absolute atomic E-state index is 12.1. The first kappa shape index (κ1) is 16.8. The Bertz CT molecular complexity index is 760. The third-order valence-electron chi connectivity index (χ3n) is 4.07. The Kier molecular flexibility index (Phi) is 5.13. The van der Waals surface area contributed by atoms with Crippen LogP contribution in [-0.4, -0.2) is 36.4 Å². The second kappa shape index (κ2) is 7.65. The Hall–Kier alpha value is -3.09. The number of aromatic nitrogens is 1. The second-order valence-corrected chi connectivity index (χ2v) is 5.92. The lowest BCUT2D eigenvalue weighted by Crippen LogP contribution is -2.48. The highest BCUT2D eigenvalue weighted by atomic mass is 16.2. The SMILES string of the molecule is Nc1ccccc1CCC(=O)Nc1ccc(N2CCNC(=O)C2)nc1. The van der Waals surface area contributed by atoms with Crippen molar-refractivity contribution in [1.82, 2.24) is 10.3 Å². The number of carbonyl (C=O) groups excluding carboxylic acids is 2. The van der Waals surface area contributed by atoms with Gasteiger partial charge in [-0.2, -0.15) is 0 Å². The molecule has 0 atom stereocenters. The monoisotopic (exact) mass is 339 g/mol. The van der Waals surface area contributed by atoms with Gasteiger partial charge in [0.05, 0.1) is 18.4 Å². The number of carbonyl (C=O) groups is 2. The molecule has 1 aliphatic rings. The molecule has 2 aromatic rings. The number of nitrogens with zero attached hydrogens (tertiary/aromatic N) is 2. The van der Waals surface area contributed by atoms with E-state index in [4.69, 9.17) is 5.73 Å². The maximum atomic E-state index is 12.1. The molecular formula is C18H21N5O2. The number of hydrogen-bond donors (Lipinski definition) is 3. The van der Waals surface area contributed by atoms with Gasteiger partial charge in [0.25, 0.3) is 0 Å². The van der Waals surface area contributed by atoms with Crippen molar-refractivity contribution >= 4 is 29.0 Å². The van der Waals surface area contributed by atoms with Crippen LogP contribution in [0.4, 0.5) is 17.2 Å². The van der Waals surface area contributed by atoms with Crippen LogP contribution in [0.5, 0.6) is 0 Å². The van der Waals surface area contributed by atoms with Gasteiger partial charge in [0.2, 0.25) is 11.8 Å². The fraction of sp³-hybridized carbons (Fsp3) is 0.278. The van der Waals surface area contributed by atoms with E-state index >= 15 is 0 Å². The molecule has 3 rings (SSSR count). The number of amides is 2. The quantitative estimate of drug-likeness (QED) is 0.710. The Morgan fingerprint density at radius 1 is 1.28 bits per heavy atom. The second-order valence-electron chi connectivity index (χ2n) is 5.92. The van der Waals surface area contributed by atoms with E-state index in [2.05, 4.69) is 15.6 Å². The summed E-state index contributed by atoms with van der Waals surface area (Å²) >= 11 is 0. The lowest BCUT2D eigenvalue weighted by atomic mass is 10.1. The smallest absolute Gasteiger partial charge is 0.239 e. The lowest BCUT2D eigenvalue weighted by Gasteiger charge is -2.27. The molecule has 1 saturated heterocycles. The molecule has 1 fully saturated rings. The molecule has 1 aromatic heterocycles. The summed E-state index contributed by atoms with van der Waals surface area (Å²) in [4.78, 5) is 29.7. The van der Waals surface area contributed by atoms with Crippen molar-refractivity contribution in [2.24, 2.45) is 0 Å². The lowest BCUT2D eigenvalue weighted by molar-refractivity contribution is -0.120. The normalized spacial score (nSPS) is 14.1. The maximum Gasteiger partial charge on any atom is 0.239 e. The van der Waals surface area contributed by atoms with E-state index in [1.54, 1.807) is 12.3 Å². The minimum atomic E-state index is -0.0878. The van der Waals surface area contributed by atoms with Crippen LogP contribution < -0.4 is 21.3 Å². The summed E-state index contributed by atoms with van der Waals surface area (Å²) in [5.74, 6) is 0.630. The highest BCUT2D eigenvalue weighted by Crippen LogP contribution is 2.16. The van der Waals surface area contributed by atoms with Crippen LogP contribution in [0.2, 0.25) is 0 Å². The van der Waals surface area contributed by atoms with Crippen molar-refractivity contribution in [2.75, 3.05) is 35.6 Å². The van der Waals surface area contributed by atoms with Crippen LogP contribution in [0.3, 0.4) is 0 Å². The topological polar surface area (TPSA) is 100 Å². The molecule has 0 unspecified atom stereocenters. The zero-order valence-corrected chi connectivity index (χ0v) is 13.9. The largest absolute Gasteiger partial charge is 0.399 e. The molecule has 25 heavy (non-hydrogen) atoms. The average molecular weight is 339 g/mol. The Labute approximate surface area is 146 Å². The summed E-state index contributed by atoms with van der Waals surface area (Å²) in [7, 11) is 0. The average Bonchev–Trinajstić information content (AvgIpc) is 2.62. The van der Waals surface area contributed by atoms with Crippen LogP contribution >= 0.6 is 0 Å². The zero-order valence-electron chi connectivity index (χ0n) is 13.9. The number of nitrogens with two attached hydrogens (primary N) is 1. The molecule has 7 nitrogen and oxygen atoms in total. The van der Waals surface area contributed by atoms with Gasteiger partial charge in [-0.15, -0.1) is 0 Å². The van der Waals surface area contributed by atoms with Gasteiger partial charge < -0.3 is 21.3 Å². The van der Waals surface area contributed by atoms with Crippen molar-refractivity contribution < 1.29 is 9.59 Å². The minimum absolute atomic E-state index is 0.00869. The number of piperazine rings is 1. The first-order chi connectivity index (χ1) is 12.1. The van der Waals surface area contributed by atoms with Gasteiger partial charge in [-0.1, -0.05) is 18.2 Å². The van der Waals surface area contributed by atoms with Gasteiger partial charge >= 0.3 is 0 Å². The molecule has 0 aliphatic carbocycles. The van der Waals surface area contributed by atoms with Crippen LogP contribution in [0.25, 0.3) is 0 Å². The van der Waals surface area contributed by atoms with Gasteiger partial charge in [0.15, 0.2) is 0 Å². The summed E-state index contributed by atoms with van der Waals surface area (Å²) < 4.78 is 0. The van der Waals surface area contributed by atoms with Gasteiger partial charge in [0.1, 0.15) is 5.82 Å². The summed E-state index contributed by atoms with van der Waals surface area (Å²) in [6, 6.07) is 11.1. The van der Waals surface area contributed by atoms with Gasteiger partial charge in [-0.3, -0.25) is 9.59 Å². The molecule has 0 spiro atoms. The first-order valence-electron chi connectivity index (χ1n) is 8.23. The molecule has 1 aliphatic heterocycles. The molecule has 2 heterocycles. The number of anilines is 3. The number of benzene rings is 1. The van der Waals surface area contributed by atoms with E-state index < -0.39 is 0 Å². The summed E-state index contributed by atoms with van der Waals surface area (Å²) in [6.07, 6.45) is 2.55. The standard InChI is InChI=1S/C18H21N5O2/c19-15-4-2-1-3-13(15)5-8-17(24)22-14-6-7-16(21-11-14)23-10-9-20-18(25)12-23/h1-4,6-7,11H,5,8-10,12,19H2,(H,20,25)(H,22,24). The molecule has 0 saturated carbocycles. The molecule has 2 amide bonds. The van der Waals surface area contributed by atoms with Gasteiger partial charge in [0, 0.05) is 25.2 Å². The molecule has 0 bridgehead atoms. The van der Waals surface area contributed by atoms with Crippen molar-refractivity contribution in [3.8, 4) is 0 Å². The van der Waals surface area contributed by atoms with E-state index in [1.807, 2.05) is 35.2 Å². The number of aryl methyl sites for hydroxylation is 1. The van der Waals surface area contributed by atoms with Crippen molar-refractivity contribution in [3.63, 3.8) is 0 Å². The van der Waals surface area contributed by atoms with Crippen LogP contribution in [0.1, 0.15) is 12.0 Å². The Balaban J connectivity index is 1.53. The number of pyridine rings is 1. The van der Waals surface area contributed by atoms with E-state index in [0.29, 0.717) is 37.3 Å². The number of nitrogen functional groups attached to an aromatic ring is 1. The third-order valence-corrected chi connectivity index (χ3v) is 4.07. The predicted octanol–water partition coefficient (Wildman–Crippen LogP) is 1.17. The fourth-order valence-electron chi connectivity index (χ4n) is 2.71. The van der Waals surface area contributed by atoms with Crippen LogP contribution in [0, 0.1) is 0 Å². The molecule has 0 radical (unpaired) electrons. The first-order valence-corrected chi connectivity index (χ1v) is 8.23. The zero-order chi connectivity index (χ0) is 17.6. The highest BCUT2D eigenvalue weighted by Gasteiger charge is 2.17. The molecule has 130 valence electrons. The number of hydrogen-bond acceptors (Lipinski definition) is 5. The minimum Gasteiger partial charge on any atom is -0.399 e. The highest BCUT2D eigenvalue weighted by molar-refractivity contribution is 5.91. The summed E-state index contributed by atoms with van der Waals surface area (Å²) in [5.41, 5.74) is 8.19. The van der Waals surface area contributed by atoms with E-state index in [9.17, 15) is 9.59 Å². The number of para-hydroxylation sites is 1. The molecular weight excluding hydrogens is 318 g/mol. The van der Waals surface area contributed by atoms with Crippen molar-refractivity contribution in [2.45, 2.75) is 12.8 Å². The molecule has 7 heteroatoms. The number of rotatable bonds is 5. The molecule has 1 aromatic carbocycles. The predicted molar refractivity (Wildman–Crippen MR) is 97.3 cm³/mol. The van der Waals surface area contributed by atoms with Gasteiger partial charge in [-0.05, 0) is 30.2 Å². The number of nitrogens with one attached hydrogen (secondary N) is 2. The van der Waals surface area contributed by atoms with Crippen LogP contribution in [0.15, 0.2) is 42.6 Å². The van der Waals surface area contributed by atoms with Crippen LogP contribution in [-0.2, 0) is 16.0 Å². The fourth-order valence-corrected chi connectivity index (χ4v) is 2.71. The Morgan fingerprint density at radius 3 is 2.84 bits per heavy atom. The third kappa shape index (κ3) is 4.47. The van der Waals surface area contributed by atoms with E-state index in [-0.39, 0.29) is 11.8 Å². The summed E-state index contributed by atoms with van der Waals surface area (Å²) in [6.45, 7) is 1.64.